The van der Waals surface area contributed by atoms with Crippen molar-refractivity contribution < 1.29 is 19.7 Å². The number of esters is 1. The summed E-state index contributed by atoms with van der Waals surface area (Å²) in [4.78, 5) is 13.3. The molecule has 4 fully saturated rings. The van der Waals surface area contributed by atoms with E-state index in [1.165, 1.54) is 11.1 Å². The van der Waals surface area contributed by atoms with E-state index in [4.69, 9.17) is 4.74 Å². The maximum absolute atomic E-state index is 13.3. The lowest BCUT2D eigenvalue weighted by atomic mass is 9.36. The molecule has 35 heavy (non-hydrogen) atoms. The summed E-state index contributed by atoms with van der Waals surface area (Å²) < 4.78 is 5.46. The van der Waals surface area contributed by atoms with Gasteiger partial charge in [0.15, 0.2) is 0 Å². The molecule has 0 spiro atoms. The van der Waals surface area contributed by atoms with E-state index < -0.39 is 17.6 Å². The zero-order valence-corrected chi connectivity index (χ0v) is 23.3. The molecular weight excluding hydrogens is 436 g/mol. The predicted molar refractivity (Wildman–Crippen MR) is 138 cm³/mol. The molecular formula is C31H48O4. The maximum Gasteiger partial charge on any atom is 0.312 e. The van der Waals surface area contributed by atoms with Crippen molar-refractivity contribution in [3.05, 3.63) is 23.3 Å². The first-order valence-electron chi connectivity index (χ1n) is 14.0. The standard InChI is InChI=1S/C31H48O4/c1-26(2)13-15-31(25(34)35-8)16-14-29(6)19(20(31)17-26)9-10-23-28(5)18-21(32)24(33)27(3,4)22(28)11-12-30(23,29)7/h9-10,20-22,24,32-33H,11-18H2,1-8H3/t20-,21+,22-,24-,28-,29+,30+,31-/m0/s1. The van der Waals surface area contributed by atoms with Gasteiger partial charge in [0.25, 0.3) is 0 Å². The van der Waals surface area contributed by atoms with Gasteiger partial charge >= 0.3 is 5.97 Å². The average Bonchev–Trinajstić information content (AvgIpc) is 2.77. The van der Waals surface area contributed by atoms with Gasteiger partial charge in [0, 0.05) is 0 Å². The summed E-state index contributed by atoms with van der Waals surface area (Å²) in [7, 11) is 1.56. The van der Waals surface area contributed by atoms with Gasteiger partial charge in [-0.3, -0.25) is 4.79 Å². The smallest absolute Gasteiger partial charge is 0.312 e. The second-order valence-corrected chi connectivity index (χ2v) is 15.0. The van der Waals surface area contributed by atoms with Crippen LogP contribution in [0.3, 0.4) is 0 Å². The number of allylic oxidation sites excluding steroid dienone is 4. The normalized spacial score (nSPS) is 49.9. The number of rotatable bonds is 1. The molecule has 196 valence electrons. The fourth-order valence-electron chi connectivity index (χ4n) is 10.3. The number of hydrogen-bond acceptors (Lipinski definition) is 4. The Morgan fingerprint density at radius 2 is 1.54 bits per heavy atom. The van der Waals surface area contributed by atoms with Crippen molar-refractivity contribution in [3.63, 3.8) is 0 Å². The number of carbonyl (C=O) groups is 1. The Labute approximate surface area is 212 Å². The molecule has 4 heteroatoms. The van der Waals surface area contributed by atoms with Gasteiger partial charge in [-0.1, -0.05) is 71.8 Å². The highest BCUT2D eigenvalue weighted by molar-refractivity contribution is 5.78. The van der Waals surface area contributed by atoms with Crippen LogP contribution in [0, 0.1) is 44.3 Å². The Balaban J connectivity index is 1.66. The first kappa shape index (κ1) is 25.5. The minimum atomic E-state index is -0.704. The van der Waals surface area contributed by atoms with Gasteiger partial charge in [-0.05, 0) is 90.3 Å². The molecule has 0 bridgehead atoms. The molecule has 0 heterocycles. The van der Waals surface area contributed by atoms with Crippen LogP contribution in [0.1, 0.15) is 99.8 Å². The van der Waals surface area contributed by atoms with Crippen molar-refractivity contribution in [1.82, 2.24) is 0 Å². The highest BCUT2D eigenvalue weighted by atomic mass is 16.5. The number of carbonyl (C=O) groups excluding carboxylic acids is 1. The molecule has 0 amide bonds. The van der Waals surface area contributed by atoms with Gasteiger partial charge in [0.05, 0.1) is 24.7 Å². The van der Waals surface area contributed by atoms with Gasteiger partial charge in [-0.25, -0.2) is 0 Å². The topological polar surface area (TPSA) is 66.8 Å². The van der Waals surface area contributed by atoms with Crippen molar-refractivity contribution in [1.29, 1.82) is 0 Å². The van der Waals surface area contributed by atoms with E-state index >= 15 is 0 Å². The Morgan fingerprint density at radius 1 is 0.886 bits per heavy atom. The number of aliphatic hydroxyl groups is 2. The maximum atomic E-state index is 13.3. The number of hydrogen-bond donors (Lipinski definition) is 2. The van der Waals surface area contributed by atoms with Crippen LogP contribution in [0.25, 0.3) is 0 Å². The van der Waals surface area contributed by atoms with E-state index in [2.05, 4.69) is 60.6 Å². The lowest BCUT2D eigenvalue weighted by Crippen LogP contribution is -2.64. The molecule has 0 radical (unpaired) electrons. The summed E-state index contributed by atoms with van der Waals surface area (Å²) in [5.74, 6) is 0.535. The number of aliphatic hydroxyl groups excluding tert-OH is 2. The fraction of sp³-hybridized carbons (Fsp3) is 0.839. The first-order chi connectivity index (χ1) is 16.1. The zero-order valence-electron chi connectivity index (χ0n) is 23.3. The molecule has 4 nitrogen and oxygen atoms in total. The third-order valence-electron chi connectivity index (χ3n) is 12.6. The van der Waals surface area contributed by atoms with Crippen LogP contribution < -0.4 is 0 Å². The van der Waals surface area contributed by atoms with Crippen molar-refractivity contribution >= 4 is 5.97 Å². The van der Waals surface area contributed by atoms with Gasteiger partial charge in [-0.15, -0.1) is 0 Å². The second kappa shape index (κ2) is 7.47. The van der Waals surface area contributed by atoms with Gasteiger partial charge < -0.3 is 14.9 Å². The van der Waals surface area contributed by atoms with Crippen LogP contribution in [0.4, 0.5) is 0 Å². The summed E-state index contributed by atoms with van der Waals surface area (Å²) in [5, 5.41) is 21.9. The van der Waals surface area contributed by atoms with Crippen molar-refractivity contribution in [2.24, 2.45) is 44.3 Å². The molecule has 2 N–H and O–H groups in total. The van der Waals surface area contributed by atoms with Gasteiger partial charge in [-0.2, -0.15) is 0 Å². The first-order valence-corrected chi connectivity index (χ1v) is 14.0. The molecule has 8 atom stereocenters. The highest BCUT2D eigenvalue weighted by Crippen LogP contribution is 2.74. The summed E-state index contributed by atoms with van der Waals surface area (Å²) in [6.07, 6.45) is 11.0. The minimum Gasteiger partial charge on any atom is -0.469 e. The Hall–Kier alpha value is -1.13. The van der Waals surface area contributed by atoms with Crippen LogP contribution in [0.5, 0.6) is 0 Å². The second-order valence-electron chi connectivity index (χ2n) is 15.0. The minimum absolute atomic E-state index is 0.0114. The molecule has 5 rings (SSSR count). The van der Waals surface area contributed by atoms with Crippen LogP contribution >= 0.6 is 0 Å². The molecule has 0 aromatic carbocycles. The third-order valence-corrected chi connectivity index (χ3v) is 12.6. The van der Waals surface area contributed by atoms with Crippen molar-refractivity contribution in [3.8, 4) is 0 Å². The summed E-state index contributed by atoms with van der Waals surface area (Å²) in [6.45, 7) is 16.3. The predicted octanol–water partition coefficient (Wildman–Crippen LogP) is 6.21. The summed E-state index contributed by atoms with van der Waals surface area (Å²) in [6, 6.07) is 0. The van der Waals surface area contributed by atoms with E-state index in [-0.39, 0.29) is 39.0 Å². The number of methoxy groups -OCH3 is 1. The number of ether oxygens (including phenoxy) is 1. The van der Waals surface area contributed by atoms with E-state index in [1.54, 1.807) is 7.11 Å². The Bertz CT molecular complexity index is 990. The SMILES string of the molecule is COC(=O)[C@]12CCC(C)(C)C[C@H]1C1=CC=C3[C@@]4(C)C[C@@H](O)[C@H](O)C(C)(C)[C@@H]4CC[C@@]3(C)[C@]1(C)CC2. The lowest BCUT2D eigenvalue weighted by molar-refractivity contribution is -0.178. The molecule has 5 aliphatic carbocycles. The molecule has 0 aromatic rings. The quantitative estimate of drug-likeness (QED) is 0.434. The molecule has 0 saturated heterocycles. The van der Waals surface area contributed by atoms with Gasteiger partial charge in [0.1, 0.15) is 0 Å². The monoisotopic (exact) mass is 484 g/mol. The molecule has 0 aliphatic heterocycles. The summed E-state index contributed by atoms with van der Waals surface area (Å²) >= 11 is 0. The molecule has 4 saturated carbocycles. The van der Waals surface area contributed by atoms with E-state index in [0.29, 0.717) is 12.3 Å². The van der Waals surface area contributed by atoms with Gasteiger partial charge in [0.2, 0.25) is 0 Å². The van der Waals surface area contributed by atoms with E-state index in [1.807, 2.05) is 0 Å². The van der Waals surface area contributed by atoms with Crippen LogP contribution in [-0.4, -0.2) is 35.5 Å². The van der Waals surface area contributed by atoms with Crippen LogP contribution in [0.2, 0.25) is 0 Å². The fourth-order valence-corrected chi connectivity index (χ4v) is 10.3. The van der Waals surface area contributed by atoms with E-state index in [0.717, 1.165) is 44.9 Å². The highest BCUT2D eigenvalue weighted by Gasteiger charge is 2.68. The van der Waals surface area contributed by atoms with Crippen LogP contribution in [-0.2, 0) is 9.53 Å². The number of fused-ring (bicyclic) bond motifs is 7. The summed E-state index contributed by atoms with van der Waals surface area (Å²) in [5.41, 5.74) is 2.21. The molecule has 0 unspecified atom stereocenters. The largest absolute Gasteiger partial charge is 0.469 e. The lowest BCUT2D eigenvalue weighted by Gasteiger charge is -2.68. The third kappa shape index (κ3) is 3.08. The molecule has 0 aromatic heterocycles. The van der Waals surface area contributed by atoms with E-state index in [9.17, 15) is 15.0 Å². The van der Waals surface area contributed by atoms with Crippen molar-refractivity contribution in [2.45, 2.75) is 112 Å². The zero-order chi connectivity index (χ0) is 25.8. The Morgan fingerprint density at radius 3 is 2.20 bits per heavy atom. The molecule has 5 aliphatic rings. The Kier molecular flexibility index (Phi) is 5.44. The van der Waals surface area contributed by atoms with Crippen molar-refractivity contribution in [2.75, 3.05) is 7.11 Å². The average molecular weight is 485 g/mol. The van der Waals surface area contributed by atoms with Crippen LogP contribution in [0.15, 0.2) is 23.3 Å².